The maximum Gasteiger partial charge on any atom is 0.327 e. The van der Waals surface area contributed by atoms with E-state index in [1.165, 1.54) is 27.0 Å². The summed E-state index contributed by atoms with van der Waals surface area (Å²) in [7, 11) is 2.85. The van der Waals surface area contributed by atoms with Gasteiger partial charge in [-0.2, -0.15) is 8.78 Å². The summed E-state index contributed by atoms with van der Waals surface area (Å²) < 4.78 is 25.8. The molecule has 1 aliphatic rings. The first-order valence-electron chi connectivity index (χ1n) is 4.36. The Bertz CT molecular complexity index is 268. The van der Waals surface area contributed by atoms with Gasteiger partial charge in [0.05, 0.1) is 6.04 Å². The SMILES string of the molecule is B[C@@H](O)/C=C/[C@H]1CC(F)(F)C(=O)N1C. The molecule has 1 saturated heterocycles. The number of likely N-dealkylation sites (tertiary alicyclic amines) is 1. The summed E-state index contributed by atoms with van der Waals surface area (Å²) in [5.74, 6) is -4.42. The Hall–Kier alpha value is -0.905. The topological polar surface area (TPSA) is 40.5 Å². The van der Waals surface area contributed by atoms with E-state index in [4.69, 9.17) is 5.11 Å². The number of aliphatic hydroxyl groups excluding tert-OH is 1. The number of hydrogen-bond acceptors (Lipinski definition) is 2. The molecule has 0 aliphatic carbocycles. The lowest BCUT2D eigenvalue weighted by atomic mass is 9.99. The van der Waals surface area contributed by atoms with Gasteiger partial charge in [-0.05, 0) is 0 Å². The molecule has 1 amide bonds. The minimum Gasteiger partial charge on any atom is -0.398 e. The van der Waals surface area contributed by atoms with E-state index in [0.29, 0.717) is 0 Å². The van der Waals surface area contributed by atoms with E-state index < -0.39 is 30.3 Å². The van der Waals surface area contributed by atoms with Crippen LogP contribution < -0.4 is 0 Å². The van der Waals surface area contributed by atoms with Crippen LogP contribution in [0.15, 0.2) is 12.2 Å². The summed E-state index contributed by atoms with van der Waals surface area (Å²) in [6, 6.07) is -1.31. The van der Waals surface area contributed by atoms with Gasteiger partial charge < -0.3 is 10.0 Å². The number of amides is 1. The van der Waals surface area contributed by atoms with Crippen LogP contribution in [0.25, 0.3) is 0 Å². The third-order valence-corrected chi connectivity index (χ3v) is 2.21. The Balaban J connectivity index is 2.71. The molecule has 1 heterocycles. The zero-order valence-electron chi connectivity index (χ0n) is 8.08. The van der Waals surface area contributed by atoms with Gasteiger partial charge in [-0.15, -0.1) is 0 Å². The van der Waals surface area contributed by atoms with Crippen LogP contribution in [0.3, 0.4) is 0 Å². The maximum atomic E-state index is 12.9. The highest BCUT2D eigenvalue weighted by atomic mass is 19.3. The molecule has 0 aromatic carbocycles. The predicted octanol–water partition coefficient (Wildman–Crippen LogP) is -0.640. The van der Waals surface area contributed by atoms with E-state index in [0.717, 1.165) is 4.90 Å². The maximum absolute atomic E-state index is 12.9. The smallest absolute Gasteiger partial charge is 0.327 e. The lowest BCUT2D eigenvalue weighted by Crippen LogP contribution is -2.32. The zero-order chi connectivity index (χ0) is 10.9. The monoisotopic (exact) mass is 203 g/mol. The fourth-order valence-electron chi connectivity index (χ4n) is 1.38. The molecular formula is C8H12BF2NO2. The van der Waals surface area contributed by atoms with Gasteiger partial charge in [-0.25, -0.2) is 0 Å². The highest BCUT2D eigenvalue weighted by molar-refractivity contribution is 6.12. The summed E-state index contributed by atoms with van der Waals surface area (Å²) in [5.41, 5.74) is 0. The van der Waals surface area contributed by atoms with Crippen molar-refractivity contribution in [2.45, 2.75) is 24.4 Å². The second kappa shape index (κ2) is 3.69. The van der Waals surface area contributed by atoms with Crippen LogP contribution in [0.1, 0.15) is 6.42 Å². The number of nitrogens with zero attached hydrogens (tertiary/aromatic N) is 1. The number of carbonyl (C=O) groups excluding carboxylic acids is 1. The van der Waals surface area contributed by atoms with E-state index in [-0.39, 0.29) is 0 Å². The molecule has 2 atom stereocenters. The van der Waals surface area contributed by atoms with Crippen molar-refractivity contribution in [2.24, 2.45) is 0 Å². The van der Waals surface area contributed by atoms with Gasteiger partial charge in [0.25, 0.3) is 5.91 Å². The Labute approximate surface area is 81.8 Å². The fourth-order valence-corrected chi connectivity index (χ4v) is 1.38. The molecule has 1 rings (SSSR count). The standard InChI is InChI=1S/C8H12BF2NO2/c1-12-5(2-3-6(9)13)4-8(10,11)7(12)14/h2-3,5-6,13H,4,9H2,1H3/b3-2+/t5-,6-/m0/s1. The molecule has 1 aliphatic heterocycles. The summed E-state index contributed by atoms with van der Waals surface area (Å²) in [6.07, 6.45) is 2.32. The first kappa shape index (κ1) is 11.2. The van der Waals surface area contributed by atoms with Gasteiger partial charge >= 0.3 is 5.92 Å². The second-order valence-electron chi connectivity index (χ2n) is 3.52. The molecule has 1 N–H and O–H groups in total. The molecule has 0 aromatic heterocycles. The van der Waals surface area contributed by atoms with Gasteiger partial charge in [0, 0.05) is 19.5 Å². The molecule has 0 saturated carbocycles. The quantitative estimate of drug-likeness (QED) is 0.479. The molecular weight excluding hydrogens is 191 g/mol. The largest absolute Gasteiger partial charge is 0.398 e. The number of hydrogen-bond donors (Lipinski definition) is 1. The van der Waals surface area contributed by atoms with Crippen molar-refractivity contribution >= 4 is 13.8 Å². The average molecular weight is 203 g/mol. The van der Waals surface area contributed by atoms with E-state index >= 15 is 0 Å². The van der Waals surface area contributed by atoms with Crippen molar-refractivity contribution in [1.82, 2.24) is 4.90 Å². The van der Waals surface area contributed by atoms with Crippen LogP contribution in [0.2, 0.25) is 0 Å². The van der Waals surface area contributed by atoms with E-state index in [1.54, 1.807) is 0 Å². The number of likely N-dealkylation sites (N-methyl/N-ethyl adjacent to an activating group) is 1. The minimum atomic E-state index is -3.26. The van der Waals surface area contributed by atoms with Crippen molar-refractivity contribution in [3.8, 4) is 0 Å². The van der Waals surface area contributed by atoms with Gasteiger partial charge in [-0.1, -0.05) is 12.2 Å². The molecule has 1 fully saturated rings. The Morgan fingerprint density at radius 1 is 1.79 bits per heavy atom. The molecule has 0 unspecified atom stereocenters. The molecule has 3 nitrogen and oxygen atoms in total. The normalized spacial score (nSPS) is 28.7. The number of alkyl halides is 2. The first-order valence-corrected chi connectivity index (χ1v) is 4.36. The van der Waals surface area contributed by atoms with Crippen molar-refractivity contribution in [3.63, 3.8) is 0 Å². The molecule has 0 aromatic rings. The number of carbonyl (C=O) groups is 1. The van der Waals surface area contributed by atoms with Crippen molar-refractivity contribution in [2.75, 3.05) is 7.05 Å². The van der Waals surface area contributed by atoms with Crippen LogP contribution >= 0.6 is 0 Å². The molecule has 78 valence electrons. The third-order valence-electron chi connectivity index (χ3n) is 2.21. The molecule has 0 bridgehead atoms. The summed E-state index contributed by atoms with van der Waals surface area (Å²) in [6.45, 7) is 0. The Morgan fingerprint density at radius 3 is 2.71 bits per heavy atom. The van der Waals surface area contributed by atoms with Gasteiger partial charge in [0.1, 0.15) is 7.85 Å². The van der Waals surface area contributed by atoms with Gasteiger partial charge in [-0.3, -0.25) is 4.79 Å². The number of aliphatic hydroxyl groups is 1. The van der Waals surface area contributed by atoms with Gasteiger partial charge in [0.2, 0.25) is 0 Å². The highest BCUT2D eigenvalue weighted by Gasteiger charge is 2.50. The molecule has 14 heavy (non-hydrogen) atoms. The fraction of sp³-hybridized carbons (Fsp3) is 0.625. The Morgan fingerprint density at radius 2 is 2.36 bits per heavy atom. The van der Waals surface area contributed by atoms with Crippen molar-refractivity contribution in [1.29, 1.82) is 0 Å². The van der Waals surface area contributed by atoms with E-state index in [2.05, 4.69) is 0 Å². The highest BCUT2D eigenvalue weighted by Crippen LogP contribution is 2.32. The van der Waals surface area contributed by atoms with Crippen LogP contribution in [0.5, 0.6) is 0 Å². The van der Waals surface area contributed by atoms with Crippen LogP contribution in [-0.4, -0.2) is 48.8 Å². The summed E-state index contributed by atoms with van der Waals surface area (Å²) in [5, 5.41) is 8.92. The van der Waals surface area contributed by atoms with E-state index in [1.807, 2.05) is 0 Å². The van der Waals surface area contributed by atoms with E-state index in [9.17, 15) is 13.6 Å². The van der Waals surface area contributed by atoms with Crippen LogP contribution in [-0.2, 0) is 4.79 Å². The first-order chi connectivity index (χ1) is 6.34. The third kappa shape index (κ3) is 2.12. The molecule has 0 spiro atoms. The van der Waals surface area contributed by atoms with Crippen molar-refractivity contribution < 1.29 is 18.7 Å². The molecule has 0 radical (unpaired) electrons. The minimum absolute atomic E-state index is 0.508. The zero-order valence-corrected chi connectivity index (χ0v) is 8.08. The number of halogens is 2. The van der Waals surface area contributed by atoms with Gasteiger partial charge in [0.15, 0.2) is 0 Å². The summed E-state index contributed by atoms with van der Waals surface area (Å²) in [4.78, 5) is 12.0. The van der Waals surface area contributed by atoms with Crippen molar-refractivity contribution in [3.05, 3.63) is 12.2 Å². The second-order valence-corrected chi connectivity index (χ2v) is 3.52. The number of rotatable bonds is 2. The van der Waals surface area contributed by atoms with Crippen LogP contribution in [0.4, 0.5) is 8.78 Å². The average Bonchev–Trinajstić information content (AvgIpc) is 2.26. The summed E-state index contributed by atoms with van der Waals surface area (Å²) >= 11 is 0. The molecule has 6 heteroatoms. The lowest BCUT2D eigenvalue weighted by molar-refractivity contribution is -0.146. The van der Waals surface area contributed by atoms with Crippen LogP contribution in [0, 0.1) is 0 Å². The predicted molar refractivity (Wildman–Crippen MR) is 49.8 cm³/mol. The lowest BCUT2D eigenvalue weighted by Gasteiger charge is -2.14. The Kier molecular flexibility index (Phi) is 2.94.